The van der Waals surface area contributed by atoms with Gasteiger partial charge in [0.25, 0.3) is 0 Å². The summed E-state index contributed by atoms with van der Waals surface area (Å²) in [5.41, 5.74) is 0.985. The van der Waals surface area contributed by atoms with Gasteiger partial charge in [-0.1, -0.05) is 80.9 Å². The minimum atomic E-state index is -1.50. The van der Waals surface area contributed by atoms with Crippen LogP contribution in [0.5, 0.6) is 5.75 Å². The molecule has 3 aromatic rings. The fourth-order valence-electron chi connectivity index (χ4n) is 6.58. The Hall–Kier alpha value is -3.70. The molecule has 2 heterocycles. The Bertz CT molecular complexity index is 1500. The highest BCUT2D eigenvalue weighted by Crippen LogP contribution is 2.61. The number of Topliss-reactive ketones (excluding diaryl/α,β-unsaturated/α-hetero) is 3. The van der Waals surface area contributed by atoms with Gasteiger partial charge >= 0.3 is 0 Å². The van der Waals surface area contributed by atoms with E-state index in [9.17, 15) is 14.4 Å². The van der Waals surface area contributed by atoms with Gasteiger partial charge in [0.2, 0.25) is 0 Å². The summed E-state index contributed by atoms with van der Waals surface area (Å²) in [5, 5.41) is 0.576. The highest BCUT2D eigenvalue weighted by atomic mass is 35.5. The van der Waals surface area contributed by atoms with Crippen molar-refractivity contribution in [1.82, 2.24) is 0 Å². The Morgan fingerprint density at radius 2 is 1.58 bits per heavy atom. The SMILES string of the molecule is COc1ccc([C@@H]2[C@H](C(=O)C(C)(C)C)N3c4ccc(Cl)cc4C=C[C@@H]3C23C(=O)c2ccccc2C3=O)cc1. The van der Waals surface area contributed by atoms with Crippen LogP contribution in [-0.4, -0.2) is 36.5 Å². The molecule has 38 heavy (non-hydrogen) atoms. The van der Waals surface area contributed by atoms with Crippen LogP contribution in [0.3, 0.4) is 0 Å². The molecule has 3 atom stereocenters. The molecule has 6 heteroatoms. The summed E-state index contributed by atoms with van der Waals surface area (Å²) in [6.07, 6.45) is 3.83. The first kappa shape index (κ1) is 24.6. The van der Waals surface area contributed by atoms with Gasteiger partial charge in [-0.05, 0) is 41.5 Å². The lowest BCUT2D eigenvalue weighted by molar-refractivity contribution is -0.127. The zero-order chi connectivity index (χ0) is 27.0. The third kappa shape index (κ3) is 3.21. The Morgan fingerprint density at radius 1 is 0.947 bits per heavy atom. The molecule has 2 aliphatic heterocycles. The van der Waals surface area contributed by atoms with Crippen molar-refractivity contribution in [1.29, 1.82) is 0 Å². The molecule has 0 amide bonds. The van der Waals surface area contributed by atoms with Gasteiger partial charge in [-0.15, -0.1) is 0 Å². The van der Waals surface area contributed by atoms with Crippen LogP contribution in [0.15, 0.2) is 72.8 Å². The standard InChI is InChI=1S/C32H28ClNO4/c1-31(2,3)30(37)27-26(18-9-13-21(38-4)14-10-18)32(28(35)22-7-5-6-8-23(22)29(32)36)25-16-11-19-17-20(33)12-15-24(19)34(25)27/h5-17,25-27H,1-4H3/t25-,26-,27-/m1/s1. The molecule has 0 aromatic heterocycles. The zero-order valence-corrected chi connectivity index (χ0v) is 22.5. The number of methoxy groups -OCH3 is 1. The van der Waals surface area contributed by atoms with Crippen LogP contribution in [0.2, 0.25) is 5.02 Å². The van der Waals surface area contributed by atoms with E-state index >= 15 is 0 Å². The first-order valence-corrected chi connectivity index (χ1v) is 13.1. The Kier molecular flexibility index (Phi) is 5.45. The number of nitrogens with zero attached hydrogens (tertiary/aromatic N) is 1. The number of anilines is 1. The average Bonchev–Trinajstić information content (AvgIpc) is 3.33. The number of halogens is 1. The van der Waals surface area contributed by atoms with Crippen molar-refractivity contribution in [3.63, 3.8) is 0 Å². The van der Waals surface area contributed by atoms with E-state index in [0.29, 0.717) is 21.9 Å². The molecule has 0 N–H and O–H groups in total. The molecule has 192 valence electrons. The second-order valence-corrected chi connectivity index (χ2v) is 11.7. The summed E-state index contributed by atoms with van der Waals surface area (Å²) in [5.74, 6) is -0.568. The van der Waals surface area contributed by atoms with Crippen molar-refractivity contribution in [2.24, 2.45) is 10.8 Å². The van der Waals surface area contributed by atoms with Crippen molar-refractivity contribution in [3.05, 3.63) is 100 Å². The van der Waals surface area contributed by atoms with E-state index in [-0.39, 0.29) is 17.3 Å². The Labute approximate surface area is 227 Å². The van der Waals surface area contributed by atoms with E-state index in [1.165, 1.54) is 0 Å². The van der Waals surface area contributed by atoms with E-state index in [2.05, 4.69) is 0 Å². The molecular weight excluding hydrogens is 498 g/mol. The van der Waals surface area contributed by atoms with Gasteiger partial charge in [-0.2, -0.15) is 0 Å². The highest BCUT2D eigenvalue weighted by Gasteiger charge is 2.71. The monoisotopic (exact) mass is 525 g/mol. The third-order valence-electron chi connectivity index (χ3n) is 8.25. The molecule has 0 radical (unpaired) electrons. The minimum absolute atomic E-state index is 0.0343. The largest absolute Gasteiger partial charge is 0.497 e. The van der Waals surface area contributed by atoms with Gasteiger partial charge < -0.3 is 9.64 Å². The number of ether oxygens (including phenoxy) is 1. The maximum atomic E-state index is 14.5. The summed E-state index contributed by atoms with van der Waals surface area (Å²) in [4.78, 5) is 45.5. The fourth-order valence-corrected chi connectivity index (χ4v) is 6.76. The average molecular weight is 526 g/mol. The molecule has 5 nitrogen and oxygen atoms in total. The number of hydrogen-bond donors (Lipinski definition) is 0. The van der Waals surface area contributed by atoms with Crippen molar-refractivity contribution in [2.75, 3.05) is 12.0 Å². The molecule has 0 saturated carbocycles. The summed E-state index contributed by atoms with van der Waals surface area (Å²) >= 11 is 6.33. The predicted octanol–water partition coefficient (Wildman–Crippen LogP) is 6.40. The van der Waals surface area contributed by atoms with Crippen LogP contribution in [-0.2, 0) is 4.79 Å². The number of ketones is 3. The van der Waals surface area contributed by atoms with Gasteiger partial charge in [-0.25, -0.2) is 0 Å². The number of fused-ring (bicyclic) bond motifs is 5. The molecule has 1 fully saturated rings. The maximum Gasteiger partial charge on any atom is 0.180 e. The van der Waals surface area contributed by atoms with Crippen LogP contribution < -0.4 is 9.64 Å². The van der Waals surface area contributed by atoms with Crippen LogP contribution in [0.4, 0.5) is 5.69 Å². The Balaban J connectivity index is 1.69. The summed E-state index contributed by atoms with van der Waals surface area (Å²) in [7, 11) is 1.59. The normalized spacial score (nSPS) is 22.9. The molecule has 6 rings (SSSR count). The Morgan fingerprint density at radius 3 is 2.16 bits per heavy atom. The number of hydrogen-bond acceptors (Lipinski definition) is 5. The fraction of sp³-hybridized carbons (Fsp3) is 0.281. The molecule has 3 aromatic carbocycles. The second kappa shape index (κ2) is 8.40. The number of carbonyl (C=O) groups is 3. The maximum absolute atomic E-state index is 14.5. The molecule has 1 aliphatic carbocycles. The third-order valence-corrected chi connectivity index (χ3v) is 8.48. The molecule has 0 unspecified atom stereocenters. The zero-order valence-electron chi connectivity index (χ0n) is 21.7. The van der Waals surface area contributed by atoms with E-state index in [1.54, 1.807) is 37.4 Å². The van der Waals surface area contributed by atoms with Gasteiger partial charge in [0.05, 0.1) is 19.2 Å². The summed E-state index contributed by atoms with van der Waals surface area (Å²) < 4.78 is 5.39. The molecular formula is C32H28ClNO4. The first-order chi connectivity index (χ1) is 18.1. The van der Waals surface area contributed by atoms with Crippen molar-refractivity contribution >= 4 is 40.7 Å². The number of benzene rings is 3. The van der Waals surface area contributed by atoms with Crippen LogP contribution in [0.1, 0.15) is 58.5 Å². The van der Waals surface area contributed by atoms with Gasteiger partial charge in [-0.3, -0.25) is 14.4 Å². The lowest BCUT2D eigenvalue weighted by atomic mass is 9.63. The predicted molar refractivity (Wildman–Crippen MR) is 148 cm³/mol. The lowest BCUT2D eigenvalue weighted by Crippen LogP contribution is -2.49. The van der Waals surface area contributed by atoms with E-state index in [1.807, 2.05) is 74.2 Å². The minimum Gasteiger partial charge on any atom is -0.497 e. The quantitative estimate of drug-likeness (QED) is 0.370. The van der Waals surface area contributed by atoms with Crippen molar-refractivity contribution < 1.29 is 19.1 Å². The molecule has 0 bridgehead atoms. The molecule has 1 saturated heterocycles. The van der Waals surface area contributed by atoms with Crippen molar-refractivity contribution in [2.45, 2.75) is 38.8 Å². The number of rotatable bonds is 3. The number of carbonyl (C=O) groups excluding carboxylic acids is 3. The first-order valence-electron chi connectivity index (χ1n) is 12.7. The lowest BCUT2D eigenvalue weighted by Gasteiger charge is -2.38. The van der Waals surface area contributed by atoms with Gasteiger partial charge in [0.15, 0.2) is 17.3 Å². The highest BCUT2D eigenvalue weighted by molar-refractivity contribution is 6.32. The van der Waals surface area contributed by atoms with Gasteiger partial charge in [0, 0.05) is 33.2 Å². The molecule has 3 aliphatic rings. The van der Waals surface area contributed by atoms with E-state index in [0.717, 1.165) is 16.8 Å². The van der Waals surface area contributed by atoms with Crippen molar-refractivity contribution in [3.8, 4) is 5.75 Å². The molecule has 1 spiro atoms. The summed E-state index contributed by atoms with van der Waals surface area (Å²) in [6, 6.07) is 18.5. The van der Waals surface area contributed by atoms with Crippen LogP contribution >= 0.6 is 11.6 Å². The summed E-state index contributed by atoms with van der Waals surface area (Å²) in [6.45, 7) is 5.65. The topological polar surface area (TPSA) is 63.7 Å². The van der Waals surface area contributed by atoms with Crippen LogP contribution in [0, 0.1) is 10.8 Å². The van der Waals surface area contributed by atoms with E-state index in [4.69, 9.17) is 16.3 Å². The van der Waals surface area contributed by atoms with E-state index < -0.39 is 28.8 Å². The second-order valence-electron chi connectivity index (χ2n) is 11.3. The van der Waals surface area contributed by atoms with Crippen LogP contribution in [0.25, 0.3) is 6.08 Å². The van der Waals surface area contributed by atoms with Gasteiger partial charge in [0.1, 0.15) is 11.2 Å². The smallest absolute Gasteiger partial charge is 0.180 e.